The lowest BCUT2D eigenvalue weighted by molar-refractivity contribution is 0.0234. The molecule has 2 heterocycles. The molecule has 2 saturated heterocycles. The minimum absolute atomic E-state index is 0.127. The van der Waals surface area contributed by atoms with Gasteiger partial charge in [0.25, 0.3) is 0 Å². The molecule has 0 spiro atoms. The maximum absolute atomic E-state index is 8.98. The third-order valence-corrected chi connectivity index (χ3v) is 4.00. The van der Waals surface area contributed by atoms with Crippen molar-refractivity contribution in [1.82, 2.24) is 0 Å². The van der Waals surface area contributed by atoms with Crippen LogP contribution < -0.4 is 0 Å². The molecule has 5 heteroatoms. The molecule has 2 atom stereocenters. The van der Waals surface area contributed by atoms with Gasteiger partial charge in [-0.2, -0.15) is 0 Å². The molecule has 1 aliphatic carbocycles. The maximum atomic E-state index is 8.98. The van der Waals surface area contributed by atoms with Gasteiger partial charge in [-0.15, -0.1) is 0 Å². The van der Waals surface area contributed by atoms with Crippen LogP contribution in [0.15, 0.2) is 0 Å². The molecular formula is C14H26O5. The van der Waals surface area contributed by atoms with E-state index in [0.717, 1.165) is 39.3 Å². The van der Waals surface area contributed by atoms with Crippen molar-refractivity contribution in [2.45, 2.75) is 44.3 Å². The lowest BCUT2D eigenvalue weighted by atomic mass is 9.75. The summed E-state index contributed by atoms with van der Waals surface area (Å²) < 4.78 is 15.1. The molecule has 112 valence electrons. The van der Waals surface area contributed by atoms with Crippen LogP contribution in [-0.4, -0.2) is 62.1 Å². The number of ether oxygens (including phenoxy) is 3. The Morgan fingerprint density at radius 2 is 1.37 bits per heavy atom. The van der Waals surface area contributed by atoms with Crippen LogP contribution in [0.1, 0.15) is 32.1 Å². The number of aliphatic hydroxyl groups is 2. The molecule has 0 bridgehead atoms. The number of hydrogen-bond donors (Lipinski definition) is 2. The van der Waals surface area contributed by atoms with E-state index in [0.29, 0.717) is 12.2 Å². The fourth-order valence-corrected chi connectivity index (χ4v) is 2.33. The zero-order chi connectivity index (χ0) is 13.6. The third-order valence-electron chi connectivity index (χ3n) is 4.00. The molecule has 5 nitrogen and oxygen atoms in total. The standard InChI is InChI=1S/C8H16O2.C6H10O3/c9-6-8(7-10)4-2-1-3-5-8;1(5-3-8-5)7-2-6-4-9-6/h9-10H,1-7H2;5-6H,1-4H2. The van der Waals surface area contributed by atoms with Crippen molar-refractivity contribution < 1.29 is 24.4 Å². The van der Waals surface area contributed by atoms with Gasteiger partial charge in [-0.25, -0.2) is 0 Å². The summed E-state index contributed by atoms with van der Waals surface area (Å²) >= 11 is 0. The van der Waals surface area contributed by atoms with Crippen molar-refractivity contribution in [3.8, 4) is 0 Å². The molecule has 2 N–H and O–H groups in total. The van der Waals surface area contributed by atoms with Crippen LogP contribution in [0.4, 0.5) is 0 Å². The van der Waals surface area contributed by atoms with Crippen molar-refractivity contribution in [3.63, 3.8) is 0 Å². The molecule has 1 saturated carbocycles. The molecule has 3 fully saturated rings. The fourth-order valence-electron chi connectivity index (χ4n) is 2.33. The molecule has 0 amide bonds. The van der Waals surface area contributed by atoms with E-state index in [1.54, 1.807) is 0 Å². The third kappa shape index (κ3) is 5.75. The van der Waals surface area contributed by atoms with Crippen LogP contribution in [-0.2, 0) is 14.2 Å². The first-order valence-corrected chi connectivity index (χ1v) is 7.31. The summed E-state index contributed by atoms with van der Waals surface area (Å²) in [5.74, 6) is 0. The van der Waals surface area contributed by atoms with E-state index in [1.165, 1.54) is 19.3 Å². The summed E-state index contributed by atoms with van der Waals surface area (Å²) in [7, 11) is 0. The number of hydrogen-bond acceptors (Lipinski definition) is 5. The molecule has 2 unspecified atom stereocenters. The van der Waals surface area contributed by atoms with Crippen LogP contribution in [0.3, 0.4) is 0 Å². The summed E-state index contributed by atoms with van der Waals surface area (Å²) in [5.41, 5.74) is -0.127. The first kappa shape index (κ1) is 15.2. The van der Waals surface area contributed by atoms with E-state index in [4.69, 9.17) is 24.4 Å². The summed E-state index contributed by atoms with van der Waals surface area (Å²) in [5, 5.41) is 18.0. The van der Waals surface area contributed by atoms with Gasteiger partial charge in [-0.1, -0.05) is 19.3 Å². The second-order valence-corrected chi connectivity index (χ2v) is 5.83. The minimum atomic E-state index is -0.127. The predicted octanol–water partition coefficient (Wildman–Crippen LogP) is 0.722. The van der Waals surface area contributed by atoms with E-state index in [-0.39, 0.29) is 18.6 Å². The highest BCUT2D eigenvalue weighted by Gasteiger charge is 2.30. The number of epoxide rings is 2. The Morgan fingerprint density at radius 1 is 0.895 bits per heavy atom. The Balaban J connectivity index is 0.000000141. The van der Waals surface area contributed by atoms with E-state index < -0.39 is 0 Å². The Kier molecular flexibility index (Phi) is 6.04. The highest BCUT2D eigenvalue weighted by Crippen LogP contribution is 2.34. The highest BCUT2D eigenvalue weighted by molar-refractivity contribution is 4.81. The van der Waals surface area contributed by atoms with Gasteiger partial charge >= 0.3 is 0 Å². The van der Waals surface area contributed by atoms with Gasteiger partial charge < -0.3 is 24.4 Å². The molecule has 0 aromatic heterocycles. The van der Waals surface area contributed by atoms with Crippen LogP contribution in [0.5, 0.6) is 0 Å². The van der Waals surface area contributed by atoms with Crippen molar-refractivity contribution in [2.75, 3.05) is 39.6 Å². The normalized spacial score (nSPS) is 31.3. The van der Waals surface area contributed by atoms with E-state index in [1.807, 2.05) is 0 Å². The molecule has 19 heavy (non-hydrogen) atoms. The molecule has 0 radical (unpaired) electrons. The minimum Gasteiger partial charge on any atom is -0.396 e. The number of aliphatic hydroxyl groups excluding tert-OH is 2. The molecule has 0 aromatic rings. The summed E-state index contributed by atoms with van der Waals surface area (Å²) in [6.45, 7) is 3.57. The topological polar surface area (TPSA) is 74.8 Å². The van der Waals surface area contributed by atoms with Crippen LogP contribution in [0.2, 0.25) is 0 Å². The first-order chi connectivity index (χ1) is 9.28. The van der Waals surface area contributed by atoms with Gasteiger partial charge in [0, 0.05) is 5.41 Å². The molecular weight excluding hydrogens is 248 g/mol. The average Bonchev–Trinajstić information content (AvgIpc) is 3.35. The maximum Gasteiger partial charge on any atom is 0.104 e. The van der Waals surface area contributed by atoms with Crippen molar-refractivity contribution in [2.24, 2.45) is 5.41 Å². The summed E-state index contributed by atoms with van der Waals surface area (Å²) in [6, 6.07) is 0. The Hall–Kier alpha value is -0.200. The lowest BCUT2D eigenvalue weighted by Crippen LogP contribution is -2.31. The summed E-state index contributed by atoms with van der Waals surface area (Å²) in [6.07, 6.45) is 6.39. The molecule has 2 aliphatic heterocycles. The van der Waals surface area contributed by atoms with Gasteiger partial charge in [0.2, 0.25) is 0 Å². The number of rotatable bonds is 6. The van der Waals surface area contributed by atoms with Gasteiger partial charge in [-0.3, -0.25) is 0 Å². The van der Waals surface area contributed by atoms with Gasteiger partial charge in [0.15, 0.2) is 0 Å². The average molecular weight is 274 g/mol. The SMILES string of the molecule is C(OCC1CO1)C1CO1.OCC1(CO)CCCCC1. The van der Waals surface area contributed by atoms with Crippen LogP contribution in [0.25, 0.3) is 0 Å². The smallest absolute Gasteiger partial charge is 0.104 e. The first-order valence-electron chi connectivity index (χ1n) is 7.31. The van der Waals surface area contributed by atoms with E-state index >= 15 is 0 Å². The lowest BCUT2D eigenvalue weighted by Gasteiger charge is -2.33. The van der Waals surface area contributed by atoms with Gasteiger partial charge in [-0.05, 0) is 12.8 Å². The summed E-state index contributed by atoms with van der Waals surface area (Å²) in [4.78, 5) is 0. The Morgan fingerprint density at radius 3 is 1.68 bits per heavy atom. The largest absolute Gasteiger partial charge is 0.396 e. The van der Waals surface area contributed by atoms with Crippen LogP contribution >= 0.6 is 0 Å². The van der Waals surface area contributed by atoms with E-state index in [2.05, 4.69) is 0 Å². The predicted molar refractivity (Wildman–Crippen MR) is 70.0 cm³/mol. The highest BCUT2D eigenvalue weighted by atomic mass is 16.6. The monoisotopic (exact) mass is 274 g/mol. The second kappa shape index (κ2) is 7.55. The van der Waals surface area contributed by atoms with Gasteiger partial charge in [0.1, 0.15) is 12.2 Å². The quantitative estimate of drug-likeness (QED) is 0.698. The van der Waals surface area contributed by atoms with Crippen molar-refractivity contribution >= 4 is 0 Å². The van der Waals surface area contributed by atoms with Crippen molar-refractivity contribution in [3.05, 3.63) is 0 Å². The van der Waals surface area contributed by atoms with Gasteiger partial charge in [0.05, 0.1) is 39.6 Å². The zero-order valence-electron chi connectivity index (χ0n) is 11.6. The second-order valence-electron chi connectivity index (χ2n) is 5.83. The van der Waals surface area contributed by atoms with Crippen LogP contribution in [0, 0.1) is 5.41 Å². The molecule has 3 aliphatic rings. The Bertz CT molecular complexity index is 226. The van der Waals surface area contributed by atoms with Crippen molar-refractivity contribution in [1.29, 1.82) is 0 Å². The van der Waals surface area contributed by atoms with E-state index in [9.17, 15) is 0 Å². The fraction of sp³-hybridized carbons (Fsp3) is 1.00. The Labute approximate surface area is 114 Å². The zero-order valence-corrected chi connectivity index (χ0v) is 11.6. The molecule has 0 aromatic carbocycles. The molecule has 3 rings (SSSR count).